The van der Waals surface area contributed by atoms with Gasteiger partial charge in [0.1, 0.15) is 0 Å². The van der Waals surface area contributed by atoms with E-state index < -0.39 is 5.97 Å². The lowest BCUT2D eigenvalue weighted by molar-refractivity contribution is 0.0694. The van der Waals surface area contributed by atoms with Gasteiger partial charge in [-0.15, -0.1) is 0 Å². The molecule has 2 N–H and O–H groups in total. The zero-order chi connectivity index (χ0) is 18.5. The number of amides is 1. The number of aromatic nitrogens is 1. The average molecular weight is 364 g/mol. The summed E-state index contributed by atoms with van der Waals surface area (Å²) in [6.07, 6.45) is 0.697. The maximum atomic E-state index is 13.0. The third-order valence-corrected chi connectivity index (χ3v) is 5.13. The normalized spacial score (nSPS) is 15.0. The predicted molar refractivity (Wildman–Crippen MR) is 96.3 cm³/mol. The fourth-order valence-corrected chi connectivity index (χ4v) is 3.73. The molecule has 2 aliphatic heterocycles. The highest BCUT2D eigenvalue weighted by Crippen LogP contribution is 2.34. The molecule has 0 atom stereocenters. The van der Waals surface area contributed by atoms with Gasteiger partial charge >= 0.3 is 5.97 Å². The van der Waals surface area contributed by atoms with Crippen molar-refractivity contribution in [2.24, 2.45) is 0 Å². The second-order valence-electron chi connectivity index (χ2n) is 6.69. The van der Waals surface area contributed by atoms with E-state index >= 15 is 0 Å². The van der Waals surface area contributed by atoms with Crippen molar-refractivity contribution in [3.05, 3.63) is 58.8 Å². The van der Waals surface area contributed by atoms with Gasteiger partial charge in [-0.25, -0.2) is 4.79 Å². The highest BCUT2D eigenvalue weighted by Gasteiger charge is 2.26. The van der Waals surface area contributed by atoms with Crippen LogP contribution in [0, 0.1) is 0 Å². The van der Waals surface area contributed by atoms with Crippen LogP contribution in [0.5, 0.6) is 11.5 Å². The van der Waals surface area contributed by atoms with Gasteiger partial charge < -0.3 is 24.5 Å². The van der Waals surface area contributed by atoms with Gasteiger partial charge in [-0.2, -0.15) is 0 Å². The van der Waals surface area contributed by atoms with Gasteiger partial charge in [0.25, 0.3) is 5.91 Å². The van der Waals surface area contributed by atoms with E-state index in [1.165, 1.54) is 0 Å². The number of aromatic amines is 1. The number of hydrogen-bond donors (Lipinski definition) is 2. The summed E-state index contributed by atoms with van der Waals surface area (Å²) in [6.45, 7) is 1.20. The molecule has 0 fully saturated rings. The highest BCUT2D eigenvalue weighted by atomic mass is 16.7. The molecule has 5 rings (SSSR count). The van der Waals surface area contributed by atoms with E-state index in [0.717, 1.165) is 22.2 Å². The fourth-order valence-electron chi connectivity index (χ4n) is 3.73. The molecule has 0 unspecified atom stereocenters. The Morgan fingerprint density at radius 1 is 1.04 bits per heavy atom. The van der Waals surface area contributed by atoms with Crippen molar-refractivity contribution in [1.29, 1.82) is 0 Å². The van der Waals surface area contributed by atoms with Crippen molar-refractivity contribution in [2.45, 2.75) is 13.0 Å². The number of fused-ring (bicyclic) bond motifs is 4. The van der Waals surface area contributed by atoms with E-state index in [0.29, 0.717) is 36.6 Å². The molecule has 0 aliphatic carbocycles. The molecule has 0 saturated heterocycles. The minimum atomic E-state index is -0.962. The maximum Gasteiger partial charge on any atom is 0.335 e. The highest BCUT2D eigenvalue weighted by molar-refractivity contribution is 5.97. The molecule has 3 heterocycles. The van der Waals surface area contributed by atoms with Gasteiger partial charge in [0.2, 0.25) is 6.79 Å². The van der Waals surface area contributed by atoms with Crippen molar-refractivity contribution >= 4 is 22.8 Å². The summed E-state index contributed by atoms with van der Waals surface area (Å²) in [7, 11) is 0. The van der Waals surface area contributed by atoms with Crippen LogP contribution in [0.25, 0.3) is 10.9 Å². The molecule has 0 spiro atoms. The quantitative estimate of drug-likeness (QED) is 0.730. The standard InChI is InChI=1S/C20H16N2O5/c23-19(11-2-4-17-18(8-11)27-10-26-17)22-6-5-16-14(9-22)13-7-12(20(24)25)1-3-15(13)21-16/h1-4,7-8,21H,5-6,9-10H2,(H,24,25). The lowest BCUT2D eigenvalue weighted by Gasteiger charge is -2.27. The van der Waals surface area contributed by atoms with Crippen LogP contribution in [-0.4, -0.2) is 40.2 Å². The number of aromatic carboxylic acids is 1. The Morgan fingerprint density at radius 2 is 1.85 bits per heavy atom. The first-order valence-electron chi connectivity index (χ1n) is 8.66. The Morgan fingerprint density at radius 3 is 2.70 bits per heavy atom. The van der Waals surface area contributed by atoms with Crippen LogP contribution in [0.4, 0.5) is 0 Å². The number of benzene rings is 2. The topological polar surface area (TPSA) is 91.9 Å². The molecular weight excluding hydrogens is 348 g/mol. The molecule has 0 radical (unpaired) electrons. The summed E-state index contributed by atoms with van der Waals surface area (Å²) in [6, 6.07) is 10.2. The van der Waals surface area contributed by atoms with Crippen molar-refractivity contribution in [3.8, 4) is 11.5 Å². The summed E-state index contributed by atoms with van der Waals surface area (Å²) >= 11 is 0. The van der Waals surface area contributed by atoms with Crippen LogP contribution in [0.15, 0.2) is 36.4 Å². The Bertz CT molecular complexity index is 1100. The zero-order valence-corrected chi connectivity index (χ0v) is 14.3. The van der Waals surface area contributed by atoms with Crippen molar-refractivity contribution in [2.75, 3.05) is 13.3 Å². The molecule has 2 aromatic carbocycles. The van der Waals surface area contributed by atoms with Crippen molar-refractivity contribution in [3.63, 3.8) is 0 Å². The molecule has 27 heavy (non-hydrogen) atoms. The second kappa shape index (κ2) is 5.77. The number of hydrogen-bond acceptors (Lipinski definition) is 4. The first-order valence-corrected chi connectivity index (χ1v) is 8.66. The molecule has 1 amide bonds. The molecule has 3 aromatic rings. The van der Waals surface area contributed by atoms with E-state index in [-0.39, 0.29) is 18.3 Å². The van der Waals surface area contributed by atoms with E-state index in [9.17, 15) is 14.7 Å². The number of nitrogens with zero attached hydrogens (tertiary/aromatic N) is 1. The van der Waals surface area contributed by atoms with E-state index in [4.69, 9.17) is 9.47 Å². The number of rotatable bonds is 2. The second-order valence-corrected chi connectivity index (χ2v) is 6.69. The van der Waals surface area contributed by atoms with E-state index in [1.807, 2.05) is 0 Å². The SMILES string of the molecule is O=C(O)c1ccc2[nH]c3c(c2c1)CN(C(=O)c1ccc2c(c1)OCO2)CC3. The summed E-state index contributed by atoms with van der Waals surface area (Å²) in [4.78, 5) is 29.4. The Hall–Kier alpha value is -3.48. The van der Waals surface area contributed by atoms with Gasteiger partial charge in [0.15, 0.2) is 11.5 Å². The monoisotopic (exact) mass is 364 g/mol. The van der Waals surface area contributed by atoms with Gasteiger partial charge in [-0.3, -0.25) is 4.79 Å². The maximum absolute atomic E-state index is 13.0. The van der Waals surface area contributed by atoms with Gasteiger partial charge in [0.05, 0.1) is 5.56 Å². The lowest BCUT2D eigenvalue weighted by Crippen LogP contribution is -2.35. The predicted octanol–water partition coefficient (Wildman–Crippen LogP) is 2.79. The summed E-state index contributed by atoms with van der Waals surface area (Å²) < 4.78 is 10.7. The van der Waals surface area contributed by atoms with Crippen LogP contribution in [0.2, 0.25) is 0 Å². The first kappa shape index (κ1) is 15.7. The number of nitrogens with one attached hydrogen (secondary N) is 1. The molecule has 7 heteroatoms. The molecule has 1 aromatic heterocycles. The third-order valence-electron chi connectivity index (χ3n) is 5.13. The molecular formula is C20H16N2O5. The largest absolute Gasteiger partial charge is 0.478 e. The molecule has 136 valence electrons. The Balaban J connectivity index is 1.48. The fraction of sp³-hybridized carbons (Fsp3) is 0.200. The summed E-state index contributed by atoms with van der Waals surface area (Å²) in [5, 5.41) is 10.1. The van der Waals surface area contributed by atoms with E-state index in [1.54, 1.807) is 41.3 Å². The number of carboxylic acid groups (broad SMARTS) is 1. The van der Waals surface area contributed by atoms with Crippen LogP contribution in [0.1, 0.15) is 32.0 Å². The molecule has 0 saturated carbocycles. The van der Waals surface area contributed by atoms with Gasteiger partial charge in [-0.1, -0.05) is 0 Å². The van der Waals surface area contributed by atoms with Crippen LogP contribution in [0.3, 0.4) is 0 Å². The van der Waals surface area contributed by atoms with E-state index in [2.05, 4.69) is 4.98 Å². The number of H-pyrrole nitrogens is 1. The average Bonchev–Trinajstić information content (AvgIpc) is 3.29. The third kappa shape index (κ3) is 2.51. The van der Waals surface area contributed by atoms with Crippen molar-refractivity contribution in [1.82, 2.24) is 9.88 Å². The number of carbonyl (C=O) groups excluding carboxylic acids is 1. The van der Waals surface area contributed by atoms with Crippen LogP contribution >= 0.6 is 0 Å². The Kier molecular flexibility index (Phi) is 3.36. The van der Waals surface area contributed by atoms with Gasteiger partial charge in [-0.05, 0) is 36.4 Å². The van der Waals surface area contributed by atoms with Crippen LogP contribution < -0.4 is 9.47 Å². The molecule has 7 nitrogen and oxygen atoms in total. The van der Waals surface area contributed by atoms with Crippen molar-refractivity contribution < 1.29 is 24.2 Å². The molecule has 0 bridgehead atoms. The minimum Gasteiger partial charge on any atom is -0.478 e. The summed E-state index contributed by atoms with van der Waals surface area (Å²) in [5.41, 5.74) is 3.72. The molecule has 2 aliphatic rings. The summed E-state index contributed by atoms with van der Waals surface area (Å²) in [5.74, 6) is 0.181. The van der Waals surface area contributed by atoms with Gasteiger partial charge in [0, 0.05) is 47.2 Å². The Labute approximate surface area is 154 Å². The minimum absolute atomic E-state index is 0.0808. The number of carboxylic acids is 1. The number of carbonyl (C=O) groups is 2. The first-order chi connectivity index (χ1) is 13.1. The zero-order valence-electron chi connectivity index (χ0n) is 14.3. The lowest BCUT2D eigenvalue weighted by atomic mass is 10.0. The van der Waals surface area contributed by atoms with Crippen LogP contribution in [-0.2, 0) is 13.0 Å². The smallest absolute Gasteiger partial charge is 0.335 e. The number of ether oxygens (including phenoxy) is 2.